The van der Waals surface area contributed by atoms with Gasteiger partial charge < -0.3 is 15.8 Å². The molecule has 3 N–H and O–H groups in total. The van der Waals surface area contributed by atoms with Gasteiger partial charge >= 0.3 is 0 Å². The largest absolute Gasteiger partial charge is 0.376 e. The second-order valence-electron chi connectivity index (χ2n) is 4.93. The molecule has 0 bridgehead atoms. The molecule has 0 amide bonds. The second kappa shape index (κ2) is 4.23. The van der Waals surface area contributed by atoms with Crippen LogP contribution in [0.25, 0.3) is 0 Å². The van der Waals surface area contributed by atoms with Crippen molar-refractivity contribution < 1.29 is 4.74 Å². The number of nitrogens with two attached hydrogens (primary N) is 1. The zero-order valence-corrected chi connectivity index (χ0v) is 9.97. The average molecular weight is 234 g/mol. The van der Waals surface area contributed by atoms with E-state index in [1.54, 1.807) is 6.33 Å². The Hall–Kier alpha value is -1.20. The predicted octanol–water partition coefficient (Wildman–Crippen LogP) is 0.702. The molecule has 1 aliphatic carbocycles. The topological polar surface area (TPSA) is 73.1 Å². The molecular formula is C12H18N4O. The third-order valence-electron chi connectivity index (χ3n) is 3.80. The highest BCUT2D eigenvalue weighted by Crippen LogP contribution is 2.38. The van der Waals surface area contributed by atoms with E-state index in [1.807, 2.05) is 13.0 Å². The van der Waals surface area contributed by atoms with Crippen LogP contribution in [0.2, 0.25) is 0 Å². The van der Waals surface area contributed by atoms with Crippen molar-refractivity contribution in [3.05, 3.63) is 18.1 Å². The number of ether oxygens (including phenoxy) is 1. The number of aryl methyl sites for hydroxylation is 1. The van der Waals surface area contributed by atoms with Crippen molar-refractivity contribution in [2.24, 2.45) is 11.7 Å². The molecular weight excluding hydrogens is 216 g/mol. The molecule has 17 heavy (non-hydrogen) atoms. The lowest BCUT2D eigenvalue weighted by atomic mass is 9.68. The molecule has 0 aromatic carbocycles. The molecule has 3 rings (SSSR count). The highest BCUT2D eigenvalue weighted by atomic mass is 16.5. The molecule has 5 nitrogen and oxygen atoms in total. The molecule has 4 unspecified atom stereocenters. The molecule has 1 saturated heterocycles. The number of aromatic nitrogens is 2. The van der Waals surface area contributed by atoms with Crippen LogP contribution in [0.15, 0.2) is 12.4 Å². The molecule has 5 heteroatoms. The van der Waals surface area contributed by atoms with Crippen molar-refractivity contribution in [3.8, 4) is 0 Å². The fourth-order valence-electron chi connectivity index (χ4n) is 2.83. The molecule has 1 aromatic heterocycles. The van der Waals surface area contributed by atoms with Crippen LogP contribution in [0.1, 0.15) is 18.5 Å². The van der Waals surface area contributed by atoms with Gasteiger partial charge in [-0.1, -0.05) is 0 Å². The summed E-state index contributed by atoms with van der Waals surface area (Å²) in [5, 5.41) is 3.37. The van der Waals surface area contributed by atoms with Crippen LogP contribution >= 0.6 is 0 Å². The Kier molecular flexibility index (Phi) is 2.72. The predicted molar refractivity (Wildman–Crippen MR) is 64.6 cm³/mol. The lowest BCUT2D eigenvalue weighted by Gasteiger charge is -2.52. The van der Waals surface area contributed by atoms with E-state index in [-0.39, 0.29) is 18.2 Å². The SMILES string of the molecule is Cc1cc(NC2C(N)C3CCCOC32)ncn1. The van der Waals surface area contributed by atoms with Gasteiger partial charge in [0.25, 0.3) is 0 Å². The number of anilines is 1. The summed E-state index contributed by atoms with van der Waals surface area (Å²) in [5.41, 5.74) is 7.13. The molecule has 2 fully saturated rings. The Labute approximate surface area is 101 Å². The Morgan fingerprint density at radius 3 is 3.18 bits per heavy atom. The lowest BCUT2D eigenvalue weighted by Crippen LogP contribution is -2.69. The van der Waals surface area contributed by atoms with Gasteiger partial charge in [0.1, 0.15) is 12.1 Å². The van der Waals surface area contributed by atoms with Gasteiger partial charge in [-0.3, -0.25) is 0 Å². The number of hydrogen-bond acceptors (Lipinski definition) is 5. The quantitative estimate of drug-likeness (QED) is 0.788. The van der Waals surface area contributed by atoms with Gasteiger partial charge in [0.15, 0.2) is 0 Å². The van der Waals surface area contributed by atoms with Crippen molar-refractivity contribution in [2.45, 2.75) is 38.0 Å². The lowest BCUT2D eigenvalue weighted by molar-refractivity contribution is -0.104. The summed E-state index contributed by atoms with van der Waals surface area (Å²) in [6.07, 6.45) is 4.15. The average Bonchev–Trinajstić information content (AvgIpc) is 2.36. The summed E-state index contributed by atoms with van der Waals surface area (Å²) in [6.45, 7) is 2.81. The first-order valence-electron chi connectivity index (χ1n) is 6.18. The highest BCUT2D eigenvalue weighted by molar-refractivity contribution is 5.38. The standard InChI is InChI=1S/C12H18N4O/c1-7-5-9(15-6-14-7)16-11-10(13)8-3-2-4-17-12(8)11/h5-6,8,10-12H,2-4,13H2,1H3,(H,14,15,16). The van der Waals surface area contributed by atoms with Crippen LogP contribution < -0.4 is 11.1 Å². The van der Waals surface area contributed by atoms with Crippen molar-refractivity contribution in [3.63, 3.8) is 0 Å². The molecule has 0 radical (unpaired) electrons. The zero-order chi connectivity index (χ0) is 11.8. The van der Waals surface area contributed by atoms with Gasteiger partial charge in [0.2, 0.25) is 0 Å². The fourth-order valence-corrected chi connectivity index (χ4v) is 2.83. The van der Waals surface area contributed by atoms with Gasteiger partial charge in [0, 0.05) is 30.3 Å². The maximum absolute atomic E-state index is 6.18. The van der Waals surface area contributed by atoms with E-state index < -0.39 is 0 Å². The van der Waals surface area contributed by atoms with Crippen LogP contribution in [0.3, 0.4) is 0 Å². The van der Waals surface area contributed by atoms with E-state index in [9.17, 15) is 0 Å². The number of fused-ring (bicyclic) bond motifs is 1. The molecule has 92 valence electrons. The van der Waals surface area contributed by atoms with Crippen LogP contribution in [-0.4, -0.2) is 34.8 Å². The van der Waals surface area contributed by atoms with Gasteiger partial charge in [-0.25, -0.2) is 9.97 Å². The van der Waals surface area contributed by atoms with Crippen LogP contribution in [0.4, 0.5) is 5.82 Å². The monoisotopic (exact) mass is 234 g/mol. The van der Waals surface area contributed by atoms with Gasteiger partial charge in [-0.2, -0.15) is 0 Å². The van der Waals surface area contributed by atoms with E-state index in [0.717, 1.165) is 24.5 Å². The number of nitrogens with one attached hydrogen (secondary N) is 1. The summed E-state index contributed by atoms with van der Waals surface area (Å²) < 4.78 is 5.78. The van der Waals surface area contributed by atoms with Crippen LogP contribution in [-0.2, 0) is 4.74 Å². The van der Waals surface area contributed by atoms with E-state index in [2.05, 4.69) is 15.3 Å². The van der Waals surface area contributed by atoms with Crippen molar-refractivity contribution in [1.82, 2.24) is 9.97 Å². The van der Waals surface area contributed by atoms with Gasteiger partial charge in [-0.15, -0.1) is 0 Å². The molecule has 0 spiro atoms. The summed E-state index contributed by atoms with van der Waals surface area (Å²) >= 11 is 0. The summed E-state index contributed by atoms with van der Waals surface area (Å²) in [5.74, 6) is 1.36. The highest BCUT2D eigenvalue weighted by Gasteiger charge is 2.50. The second-order valence-corrected chi connectivity index (χ2v) is 4.93. The minimum absolute atomic E-state index is 0.176. The first kappa shape index (κ1) is 10.9. The van der Waals surface area contributed by atoms with Crippen LogP contribution in [0, 0.1) is 12.8 Å². The van der Waals surface area contributed by atoms with E-state index in [1.165, 1.54) is 6.42 Å². The molecule has 2 heterocycles. The minimum Gasteiger partial charge on any atom is -0.376 e. The van der Waals surface area contributed by atoms with E-state index in [4.69, 9.17) is 10.5 Å². The van der Waals surface area contributed by atoms with Crippen molar-refractivity contribution in [1.29, 1.82) is 0 Å². The van der Waals surface area contributed by atoms with Crippen molar-refractivity contribution in [2.75, 3.05) is 11.9 Å². The summed E-state index contributed by atoms with van der Waals surface area (Å²) in [7, 11) is 0. The zero-order valence-electron chi connectivity index (χ0n) is 9.97. The Morgan fingerprint density at radius 2 is 2.35 bits per heavy atom. The third kappa shape index (κ3) is 1.89. The molecule has 2 aliphatic rings. The first-order chi connectivity index (χ1) is 8.25. The minimum atomic E-state index is 0.176. The summed E-state index contributed by atoms with van der Waals surface area (Å²) in [6, 6.07) is 2.30. The maximum Gasteiger partial charge on any atom is 0.129 e. The van der Waals surface area contributed by atoms with E-state index >= 15 is 0 Å². The number of rotatable bonds is 2. The Balaban J connectivity index is 1.69. The number of nitrogens with zero attached hydrogens (tertiary/aromatic N) is 2. The Bertz CT molecular complexity index is 411. The maximum atomic E-state index is 6.18. The molecule has 1 aliphatic heterocycles. The molecule has 1 saturated carbocycles. The van der Waals surface area contributed by atoms with Gasteiger partial charge in [0.05, 0.1) is 12.1 Å². The fraction of sp³-hybridized carbons (Fsp3) is 0.667. The molecule has 4 atom stereocenters. The molecule has 1 aromatic rings. The summed E-state index contributed by atoms with van der Waals surface area (Å²) in [4.78, 5) is 8.28. The first-order valence-corrected chi connectivity index (χ1v) is 6.18. The Morgan fingerprint density at radius 1 is 1.47 bits per heavy atom. The smallest absolute Gasteiger partial charge is 0.129 e. The third-order valence-corrected chi connectivity index (χ3v) is 3.80. The van der Waals surface area contributed by atoms with Crippen LogP contribution in [0.5, 0.6) is 0 Å². The van der Waals surface area contributed by atoms with Crippen molar-refractivity contribution >= 4 is 5.82 Å². The normalized spacial score (nSPS) is 35.9. The van der Waals surface area contributed by atoms with Gasteiger partial charge in [-0.05, 0) is 19.8 Å². The number of hydrogen-bond donors (Lipinski definition) is 2. The van der Waals surface area contributed by atoms with E-state index in [0.29, 0.717) is 5.92 Å².